The zero-order valence-corrected chi connectivity index (χ0v) is 14.0. The lowest BCUT2D eigenvalue weighted by Gasteiger charge is -2.26. The number of imidazole rings is 1. The second-order valence-corrected chi connectivity index (χ2v) is 5.51. The molecule has 3 heterocycles. The highest BCUT2D eigenvalue weighted by Gasteiger charge is 2.30. The number of thiophene rings is 1. The highest BCUT2D eigenvalue weighted by atomic mass is 35.5. The van der Waals surface area contributed by atoms with Gasteiger partial charge in [-0.15, -0.1) is 24.8 Å². The van der Waals surface area contributed by atoms with Crippen LogP contribution in [0.4, 0.5) is 0 Å². The maximum Gasteiger partial charge on any atom is 0.246 e. The number of aromatic amines is 1. The molecule has 8 heteroatoms. The molecule has 0 radical (unpaired) electrons. The highest BCUT2D eigenvalue weighted by Crippen LogP contribution is 2.21. The van der Waals surface area contributed by atoms with Gasteiger partial charge in [-0.05, 0) is 22.4 Å². The number of fused-ring (bicyclic) bond motifs is 1. The van der Waals surface area contributed by atoms with Crippen LogP contribution in [0, 0.1) is 0 Å². The van der Waals surface area contributed by atoms with Gasteiger partial charge in [0, 0.05) is 32.3 Å². The molecule has 0 bridgehead atoms. The fourth-order valence-electron chi connectivity index (χ4n) is 2.38. The van der Waals surface area contributed by atoms with Crippen molar-refractivity contribution in [2.45, 2.75) is 19.0 Å². The first-order valence-corrected chi connectivity index (χ1v) is 7.21. The monoisotopic (exact) mass is 348 g/mol. The van der Waals surface area contributed by atoms with E-state index in [-0.39, 0.29) is 36.8 Å². The molecule has 116 valence electrons. The van der Waals surface area contributed by atoms with Crippen molar-refractivity contribution in [1.29, 1.82) is 0 Å². The summed E-state index contributed by atoms with van der Waals surface area (Å²) >= 11 is 1.65. The summed E-state index contributed by atoms with van der Waals surface area (Å²) in [6.07, 6.45) is 2.56. The third-order valence-electron chi connectivity index (χ3n) is 3.37. The molecule has 21 heavy (non-hydrogen) atoms. The van der Waals surface area contributed by atoms with Crippen LogP contribution in [0.25, 0.3) is 0 Å². The van der Waals surface area contributed by atoms with Gasteiger partial charge in [0.05, 0.1) is 12.0 Å². The fraction of sp³-hybridized carbons (Fsp3) is 0.385. The molecule has 2 aromatic rings. The zero-order valence-electron chi connectivity index (χ0n) is 11.5. The van der Waals surface area contributed by atoms with Gasteiger partial charge in [-0.1, -0.05) is 0 Å². The van der Waals surface area contributed by atoms with Crippen molar-refractivity contribution in [1.82, 2.24) is 20.2 Å². The van der Waals surface area contributed by atoms with Gasteiger partial charge < -0.3 is 15.2 Å². The summed E-state index contributed by atoms with van der Waals surface area (Å²) in [6.45, 7) is 1.44. The lowest BCUT2D eigenvalue weighted by molar-refractivity contribution is -0.133. The molecule has 1 amide bonds. The quantitative estimate of drug-likeness (QED) is 0.893. The van der Waals surface area contributed by atoms with E-state index in [4.69, 9.17) is 0 Å². The van der Waals surface area contributed by atoms with E-state index in [0.29, 0.717) is 6.54 Å². The lowest BCUT2D eigenvalue weighted by atomic mass is 10.0. The van der Waals surface area contributed by atoms with Crippen LogP contribution in [0.5, 0.6) is 0 Å². The van der Waals surface area contributed by atoms with Gasteiger partial charge in [-0.25, -0.2) is 4.98 Å². The van der Waals surface area contributed by atoms with Crippen molar-refractivity contribution >= 4 is 42.1 Å². The predicted molar refractivity (Wildman–Crippen MR) is 88.3 cm³/mol. The lowest BCUT2D eigenvalue weighted by Crippen LogP contribution is -2.42. The second-order valence-electron chi connectivity index (χ2n) is 4.73. The average Bonchev–Trinajstić information content (AvgIpc) is 3.07. The first-order chi connectivity index (χ1) is 9.25. The van der Waals surface area contributed by atoms with E-state index in [1.54, 1.807) is 22.6 Å². The number of H-pyrrole nitrogens is 1. The smallest absolute Gasteiger partial charge is 0.246 e. The standard InChI is InChI=1S/C13H16N4OS.2ClH/c1-17(6-9-3-5-19-7-9)13(18)12-11-10(2-4-14-12)15-8-16-11;;/h3,5,7-8,12,14H,2,4,6H2,1H3,(H,15,16);2*1H. The Morgan fingerprint density at radius 3 is 3.05 bits per heavy atom. The van der Waals surface area contributed by atoms with Gasteiger partial charge in [0.1, 0.15) is 6.04 Å². The number of carbonyl (C=O) groups is 1. The van der Waals surface area contributed by atoms with E-state index in [2.05, 4.69) is 20.7 Å². The van der Waals surface area contributed by atoms with Gasteiger partial charge >= 0.3 is 0 Å². The number of amides is 1. The summed E-state index contributed by atoms with van der Waals surface area (Å²) in [5.74, 6) is 0.0688. The van der Waals surface area contributed by atoms with Crippen molar-refractivity contribution in [2.75, 3.05) is 13.6 Å². The third-order valence-corrected chi connectivity index (χ3v) is 4.10. The number of likely N-dealkylation sites (N-methyl/N-ethyl adjacent to an activating group) is 1. The molecule has 1 aliphatic heterocycles. The Morgan fingerprint density at radius 2 is 2.33 bits per heavy atom. The van der Waals surface area contributed by atoms with Gasteiger partial charge in [0.25, 0.3) is 0 Å². The van der Waals surface area contributed by atoms with Crippen LogP contribution in [0.3, 0.4) is 0 Å². The third kappa shape index (κ3) is 3.77. The molecule has 0 spiro atoms. The number of nitrogens with one attached hydrogen (secondary N) is 2. The molecule has 0 saturated carbocycles. The maximum absolute atomic E-state index is 12.5. The first-order valence-electron chi connectivity index (χ1n) is 6.27. The summed E-state index contributed by atoms with van der Waals surface area (Å²) in [7, 11) is 1.84. The summed E-state index contributed by atoms with van der Waals surface area (Å²) in [4.78, 5) is 21.6. The molecule has 2 N–H and O–H groups in total. The van der Waals surface area contributed by atoms with Crippen LogP contribution in [0.15, 0.2) is 23.2 Å². The van der Waals surface area contributed by atoms with E-state index in [1.165, 1.54) is 5.56 Å². The minimum atomic E-state index is -0.321. The summed E-state index contributed by atoms with van der Waals surface area (Å²) in [6, 6.07) is 1.72. The molecule has 0 aliphatic carbocycles. The SMILES string of the molecule is CN(Cc1ccsc1)C(=O)C1NCCc2[nH]cnc21.Cl.Cl. The van der Waals surface area contributed by atoms with Gasteiger partial charge in [0.15, 0.2) is 0 Å². The molecule has 0 aromatic carbocycles. The van der Waals surface area contributed by atoms with Crippen molar-refractivity contribution in [3.8, 4) is 0 Å². The minimum absolute atomic E-state index is 0. The zero-order chi connectivity index (χ0) is 13.2. The Balaban J connectivity index is 0.00000110. The number of hydrogen-bond acceptors (Lipinski definition) is 4. The van der Waals surface area contributed by atoms with E-state index in [9.17, 15) is 4.79 Å². The highest BCUT2D eigenvalue weighted by molar-refractivity contribution is 7.07. The van der Waals surface area contributed by atoms with Crippen LogP contribution in [0.1, 0.15) is 23.0 Å². The number of nitrogens with zero attached hydrogens (tertiary/aromatic N) is 2. The van der Waals surface area contributed by atoms with E-state index in [1.807, 2.05) is 18.5 Å². The van der Waals surface area contributed by atoms with E-state index >= 15 is 0 Å². The average molecular weight is 349 g/mol. The molecule has 1 aliphatic rings. The Morgan fingerprint density at radius 1 is 1.52 bits per heavy atom. The molecular formula is C13H18Cl2N4OS. The van der Waals surface area contributed by atoms with E-state index < -0.39 is 0 Å². The van der Waals surface area contributed by atoms with Gasteiger partial charge in [0.2, 0.25) is 5.91 Å². The van der Waals surface area contributed by atoms with Gasteiger partial charge in [-0.3, -0.25) is 4.79 Å². The van der Waals surface area contributed by atoms with Crippen molar-refractivity contribution in [2.24, 2.45) is 0 Å². The molecule has 5 nitrogen and oxygen atoms in total. The molecule has 2 aromatic heterocycles. The largest absolute Gasteiger partial charge is 0.348 e. The predicted octanol–water partition coefficient (Wildman–Crippen LogP) is 2.16. The summed E-state index contributed by atoms with van der Waals surface area (Å²) < 4.78 is 0. The molecule has 1 unspecified atom stereocenters. The Kier molecular flexibility index (Phi) is 6.67. The van der Waals surface area contributed by atoms with Crippen molar-refractivity contribution in [3.05, 3.63) is 40.1 Å². The number of halogens is 2. The number of hydrogen-bond donors (Lipinski definition) is 2. The number of rotatable bonds is 3. The Bertz CT molecular complexity index is 572. The summed E-state index contributed by atoms with van der Waals surface area (Å²) in [5, 5.41) is 7.34. The Labute approximate surface area is 140 Å². The topological polar surface area (TPSA) is 61.0 Å². The van der Waals surface area contributed by atoms with Crippen molar-refractivity contribution in [3.63, 3.8) is 0 Å². The normalized spacial score (nSPS) is 16.3. The molecule has 0 saturated heterocycles. The van der Waals surface area contributed by atoms with Crippen molar-refractivity contribution < 1.29 is 4.79 Å². The van der Waals surface area contributed by atoms with Gasteiger partial charge in [-0.2, -0.15) is 11.3 Å². The Hall–Kier alpha value is -1.08. The minimum Gasteiger partial charge on any atom is -0.348 e. The fourth-order valence-corrected chi connectivity index (χ4v) is 3.04. The molecule has 1 atom stereocenters. The van der Waals surface area contributed by atoms with Crippen LogP contribution < -0.4 is 5.32 Å². The molecular weight excluding hydrogens is 331 g/mol. The van der Waals surface area contributed by atoms with Crippen LogP contribution in [-0.4, -0.2) is 34.4 Å². The van der Waals surface area contributed by atoms with E-state index in [0.717, 1.165) is 24.4 Å². The van der Waals surface area contributed by atoms with Crippen LogP contribution in [-0.2, 0) is 17.8 Å². The maximum atomic E-state index is 12.5. The molecule has 3 rings (SSSR count). The second kappa shape index (κ2) is 7.79. The molecule has 0 fully saturated rings. The number of carbonyl (C=O) groups excluding carboxylic acids is 1. The number of aromatic nitrogens is 2. The van der Waals surface area contributed by atoms with Crippen LogP contribution >= 0.6 is 36.2 Å². The van der Waals surface area contributed by atoms with Crippen LogP contribution in [0.2, 0.25) is 0 Å². The first kappa shape index (κ1) is 18.0. The summed E-state index contributed by atoms with van der Waals surface area (Å²) in [5.41, 5.74) is 3.08.